The summed E-state index contributed by atoms with van der Waals surface area (Å²) in [4.78, 5) is 24.4. The summed E-state index contributed by atoms with van der Waals surface area (Å²) in [6.07, 6.45) is 0. The van der Waals surface area contributed by atoms with Gasteiger partial charge in [0.2, 0.25) is 15.7 Å². The molecule has 0 fully saturated rings. The minimum atomic E-state index is -3.77. The van der Waals surface area contributed by atoms with Crippen LogP contribution in [0, 0.1) is 0 Å². The number of anilines is 1. The molecular weight excluding hydrogens is 428 g/mol. The Kier molecular flexibility index (Phi) is 7.47. The zero-order valence-electron chi connectivity index (χ0n) is 15.4. The van der Waals surface area contributed by atoms with Gasteiger partial charge in [-0.3, -0.25) is 4.79 Å². The highest BCUT2D eigenvalue weighted by molar-refractivity contribution is 7.89. The fourth-order valence-electron chi connectivity index (χ4n) is 2.33. The predicted molar refractivity (Wildman–Crippen MR) is 105 cm³/mol. The van der Waals surface area contributed by atoms with E-state index in [0.717, 1.165) is 11.5 Å². The number of nitrogens with zero attached hydrogens (tertiary/aromatic N) is 3. The zero-order chi connectivity index (χ0) is 20.9. The Morgan fingerprint density at radius 3 is 2.54 bits per heavy atom. The zero-order valence-corrected chi connectivity index (χ0v) is 17.8. The van der Waals surface area contributed by atoms with E-state index >= 15 is 0 Å². The van der Waals surface area contributed by atoms with E-state index in [1.807, 2.05) is 0 Å². The molecule has 0 unspecified atom stereocenters. The SMILES string of the molecule is CCOC(=O)c1nnsc1NC(=O)c1cc(S(=O)(=O)N(CC)CC)ccc1Cl. The van der Waals surface area contributed by atoms with Gasteiger partial charge in [-0.1, -0.05) is 29.9 Å². The molecule has 0 aliphatic carbocycles. The Balaban J connectivity index is 2.35. The van der Waals surface area contributed by atoms with E-state index in [-0.39, 0.29) is 32.8 Å². The largest absolute Gasteiger partial charge is 0.461 e. The number of amides is 1. The first-order valence-corrected chi connectivity index (χ1v) is 11.0. The number of aromatic nitrogens is 2. The van der Waals surface area contributed by atoms with E-state index in [4.69, 9.17) is 16.3 Å². The molecule has 1 aromatic carbocycles. The van der Waals surface area contributed by atoms with Gasteiger partial charge in [0.05, 0.1) is 22.1 Å². The molecule has 0 spiro atoms. The van der Waals surface area contributed by atoms with Gasteiger partial charge in [-0.15, -0.1) is 5.10 Å². The lowest BCUT2D eigenvalue weighted by molar-refractivity contribution is 0.0520. The van der Waals surface area contributed by atoms with Crippen LogP contribution < -0.4 is 5.32 Å². The van der Waals surface area contributed by atoms with E-state index in [9.17, 15) is 18.0 Å². The fraction of sp³-hybridized carbons (Fsp3) is 0.375. The monoisotopic (exact) mass is 446 g/mol. The smallest absolute Gasteiger partial charge is 0.362 e. The second kappa shape index (κ2) is 9.41. The van der Waals surface area contributed by atoms with Gasteiger partial charge in [-0.25, -0.2) is 13.2 Å². The highest BCUT2D eigenvalue weighted by Crippen LogP contribution is 2.25. The molecule has 0 bridgehead atoms. The van der Waals surface area contributed by atoms with Crippen molar-refractivity contribution in [3.8, 4) is 0 Å². The summed E-state index contributed by atoms with van der Waals surface area (Å²) in [7, 11) is -3.77. The van der Waals surface area contributed by atoms with Gasteiger partial charge in [0.25, 0.3) is 5.91 Å². The number of nitrogens with one attached hydrogen (secondary N) is 1. The van der Waals surface area contributed by atoms with E-state index in [2.05, 4.69) is 14.9 Å². The highest BCUT2D eigenvalue weighted by Gasteiger charge is 2.25. The minimum Gasteiger partial charge on any atom is -0.461 e. The van der Waals surface area contributed by atoms with Crippen molar-refractivity contribution in [3.05, 3.63) is 34.5 Å². The molecule has 12 heteroatoms. The lowest BCUT2D eigenvalue weighted by Gasteiger charge is -2.19. The van der Waals surface area contributed by atoms with Gasteiger partial charge in [-0.05, 0) is 25.1 Å². The Bertz CT molecular complexity index is 973. The second-order valence-corrected chi connectivity index (χ2v) is 8.46. The van der Waals surface area contributed by atoms with Crippen LogP contribution in [0.3, 0.4) is 0 Å². The summed E-state index contributed by atoms with van der Waals surface area (Å²) < 4.78 is 35.1. The lowest BCUT2D eigenvalue weighted by atomic mass is 10.2. The van der Waals surface area contributed by atoms with Gasteiger partial charge >= 0.3 is 5.97 Å². The lowest BCUT2D eigenvalue weighted by Crippen LogP contribution is -2.30. The number of hydrogen-bond donors (Lipinski definition) is 1. The molecule has 28 heavy (non-hydrogen) atoms. The molecule has 9 nitrogen and oxygen atoms in total. The maximum Gasteiger partial charge on any atom is 0.362 e. The minimum absolute atomic E-state index is 0.0567. The average Bonchev–Trinajstić information content (AvgIpc) is 3.11. The molecule has 0 saturated heterocycles. The molecule has 1 N–H and O–H groups in total. The molecule has 0 radical (unpaired) electrons. The van der Waals surface area contributed by atoms with Gasteiger partial charge in [0.15, 0.2) is 5.00 Å². The van der Waals surface area contributed by atoms with Crippen LogP contribution in [0.4, 0.5) is 5.00 Å². The molecule has 2 rings (SSSR count). The summed E-state index contributed by atoms with van der Waals surface area (Å²) in [5, 5.41) is 6.27. The second-order valence-electron chi connectivity index (χ2n) is 5.36. The molecule has 1 aromatic heterocycles. The van der Waals surface area contributed by atoms with Crippen molar-refractivity contribution in [2.75, 3.05) is 25.0 Å². The van der Waals surface area contributed by atoms with Crippen LogP contribution in [-0.2, 0) is 14.8 Å². The quantitative estimate of drug-likeness (QED) is 0.619. The Labute approximate surface area is 171 Å². The van der Waals surface area contributed by atoms with Gasteiger partial charge < -0.3 is 10.1 Å². The van der Waals surface area contributed by atoms with Crippen LogP contribution >= 0.6 is 23.1 Å². The number of ether oxygens (including phenoxy) is 1. The van der Waals surface area contributed by atoms with Crippen molar-refractivity contribution in [2.45, 2.75) is 25.7 Å². The molecule has 1 heterocycles. The first-order chi connectivity index (χ1) is 13.3. The number of benzene rings is 1. The number of rotatable bonds is 8. The molecule has 152 valence electrons. The first kappa shape index (κ1) is 22.2. The van der Waals surface area contributed by atoms with Gasteiger partial charge in [-0.2, -0.15) is 4.31 Å². The molecule has 2 aromatic rings. The van der Waals surface area contributed by atoms with E-state index < -0.39 is 21.9 Å². The van der Waals surface area contributed by atoms with Crippen LogP contribution in [0.25, 0.3) is 0 Å². The number of sulfonamides is 1. The third-order valence-corrected chi connectivity index (χ3v) is 6.73. The number of esters is 1. The first-order valence-electron chi connectivity index (χ1n) is 8.36. The molecule has 0 atom stereocenters. The predicted octanol–water partition coefficient (Wildman–Crippen LogP) is 2.65. The molecule has 0 aliphatic rings. The number of hydrogen-bond acceptors (Lipinski definition) is 8. The number of carbonyl (C=O) groups excluding carboxylic acids is 2. The van der Waals surface area contributed by atoms with Crippen molar-refractivity contribution >= 4 is 50.0 Å². The maximum absolute atomic E-state index is 12.7. The molecule has 1 amide bonds. The van der Waals surface area contributed by atoms with Gasteiger partial charge in [0.1, 0.15) is 0 Å². The third kappa shape index (κ3) is 4.66. The van der Waals surface area contributed by atoms with Crippen molar-refractivity contribution in [1.82, 2.24) is 13.9 Å². The van der Waals surface area contributed by atoms with E-state index in [1.54, 1.807) is 20.8 Å². The summed E-state index contributed by atoms with van der Waals surface area (Å²) >= 11 is 6.88. The average molecular weight is 447 g/mol. The maximum atomic E-state index is 12.7. The third-order valence-electron chi connectivity index (χ3n) is 3.71. The Morgan fingerprint density at radius 2 is 1.93 bits per heavy atom. The van der Waals surface area contributed by atoms with Crippen molar-refractivity contribution in [3.63, 3.8) is 0 Å². The summed E-state index contributed by atoms with van der Waals surface area (Å²) in [6.45, 7) is 5.80. The Hall–Kier alpha value is -2.08. The fourth-order valence-corrected chi connectivity index (χ4v) is 4.57. The Morgan fingerprint density at radius 1 is 1.25 bits per heavy atom. The van der Waals surface area contributed by atoms with Crippen LogP contribution in [0.15, 0.2) is 23.1 Å². The molecular formula is C16H19ClN4O5S2. The van der Waals surface area contributed by atoms with Crippen molar-refractivity contribution < 1.29 is 22.7 Å². The van der Waals surface area contributed by atoms with Crippen LogP contribution in [0.2, 0.25) is 5.02 Å². The standard InChI is InChI=1S/C16H19ClN4O5S2/c1-4-21(5-2)28(24,25)10-7-8-12(17)11(9-10)14(22)18-15-13(19-20-27-15)16(23)26-6-3/h7-9H,4-6H2,1-3H3,(H,18,22). The van der Waals surface area contributed by atoms with E-state index in [0.29, 0.717) is 13.1 Å². The van der Waals surface area contributed by atoms with Crippen molar-refractivity contribution in [2.24, 2.45) is 0 Å². The number of carbonyl (C=O) groups is 2. The van der Waals surface area contributed by atoms with Gasteiger partial charge in [0, 0.05) is 24.6 Å². The van der Waals surface area contributed by atoms with Crippen LogP contribution in [-0.4, -0.2) is 53.9 Å². The summed E-state index contributed by atoms with van der Waals surface area (Å²) in [6, 6.07) is 3.87. The van der Waals surface area contributed by atoms with E-state index in [1.165, 1.54) is 22.5 Å². The highest BCUT2D eigenvalue weighted by atomic mass is 35.5. The summed E-state index contributed by atoms with van der Waals surface area (Å²) in [5.74, 6) is -1.42. The van der Waals surface area contributed by atoms with Crippen LogP contribution in [0.5, 0.6) is 0 Å². The topological polar surface area (TPSA) is 119 Å². The molecule has 0 aliphatic heterocycles. The number of halogens is 1. The molecule has 0 saturated carbocycles. The van der Waals surface area contributed by atoms with Crippen LogP contribution in [0.1, 0.15) is 41.6 Å². The normalized spacial score (nSPS) is 11.5. The van der Waals surface area contributed by atoms with Crippen molar-refractivity contribution in [1.29, 1.82) is 0 Å². The summed E-state index contributed by atoms with van der Waals surface area (Å²) in [5.41, 5.74) is -0.193.